The van der Waals surface area contributed by atoms with Gasteiger partial charge in [-0.2, -0.15) is 0 Å². The number of hydrogen-bond donors (Lipinski definition) is 2. The van der Waals surface area contributed by atoms with Crippen molar-refractivity contribution in [2.24, 2.45) is 0 Å². The van der Waals surface area contributed by atoms with Crippen molar-refractivity contribution in [2.45, 2.75) is 6.92 Å². The molecular weight excluding hydrogens is 289 g/mol. The molecule has 2 aromatic carbocycles. The average molecular weight is 301 g/mol. The maximum atomic E-state index is 13.9. The first-order valence-corrected chi connectivity index (χ1v) is 6.34. The van der Waals surface area contributed by atoms with Crippen molar-refractivity contribution < 1.29 is 23.9 Å². The van der Waals surface area contributed by atoms with Crippen LogP contribution in [-0.2, 0) is 0 Å². The first-order valence-electron chi connectivity index (χ1n) is 6.34. The van der Waals surface area contributed by atoms with Gasteiger partial charge in [-0.25, -0.2) is 9.18 Å². The van der Waals surface area contributed by atoms with Gasteiger partial charge < -0.3 is 10.4 Å². The van der Waals surface area contributed by atoms with Crippen molar-refractivity contribution >= 4 is 23.3 Å². The van der Waals surface area contributed by atoms with Crippen molar-refractivity contribution in [1.29, 1.82) is 0 Å². The molecule has 0 radical (unpaired) electrons. The molecule has 2 aromatic rings. The van der Waals surface area contributed by atoms with Crippen LogP contribution in [-0.4, -0.2) is 22.8 Å². The first-order chi connectivity index (χ1) is 10.4. The van der Waals surface area contributed by atoms with Gasteiger partial charge in [-0.1, -0.05) is 12.1 Å². The lowest BCUT2D eigenvalue weighted by Gasteiger charge is -2.09. The highest BCUT2D eigenvalue weighted by molar-refractivity contribution is 6.10. The molecule has 0 aliphatic heterocycles. The number of aromatic carboxylic acids is 1. The second kappa shape index (κ2) is 6.17. The van der Waals surface area contributed by atoms with E-state index in [1.165, 1.54) is 43.3 Å². The van der Waals surface area contributed by atoms with E-state index in [1.54, 1.807) is 0 Å². The summed E-state index contributed by atoms with van der Waals surface area (Å²) in [6.07, 6.45) is 0. The number of carbonyl (C=O) groups is 3. The van der Waals surface area contributed by atoms with E-state index in [9.17, 15) is 18.8 Å². The highest BCUT2D eigenvalue weighted by Gasteiger charge is 2.17. The number of carboxylic acid groups (broad SMARTS) is 1. The minimum Gasteiger partial charge on any atom is -0.478 e. The second-order valence-corrected chi connectivity index (χ2v) is 4.56. The predicted octanol–water partition coefficient (Wildman–Crippen LogP) is 2.98. The monoisotopic (exact) mass is 301 g/mol. The summed E-state index contributed by atoms with van der Waals surface area (Å²) in [6, 6.07) is 9.27. The third-order valence-corrected chi connectivity index (χ3v) is 3.03. The molecular formula is C16H12FNO4. The Bertz CT molecular complexity index is 770. The summed E-state index contributed by atoms with van der Waals surface area (Å²) in [6.45, 7) is 1.30. The third kappa shape index (κ3) is 3.17. The summed E-state index contributed by atoms with van der Waals surface area (Å²) in [5.74, 6) is -3.06. The zero-order valence-electron chi connectivity index (χ0n) is 11.6. The Morgan fingerprint density at radius 2 is 1.68 bits per heavy atom. The molecule has 0 saturated carbocycles. The minimum absolute atomic E-state index is 0.0787. The van der Waals surface area contributed by atoms with E-state index in [-0.39, 0.29) is 28.2 Å². The number of carboxylic acids is 1. The van der Waals surface area contributed by atoms with Crippen LogP contribution in [0.4, 0.5) is 10.1 Å². The molecule has 2 N–H and O–H groups in total. The van der Waals surface area contributed by atoms with Crippen LogP contribution >= 0.6 is 0 Å². The van der Waals surface area contributed by atoms with Gasteiger partial charge in [0.1, 0.15) is 5.82 Å². The smallest absolute Gasteiger partial charge is 0.336 e. The van der Waals surface area contributed by atoms with Crippen molar-refractivity contribution in [3.63, 3.8) is 0 Å². The zero-order valence-corrected chi connectivity index (χ0v) is 11.6. The van der Waals surface area contributed by atoms with Gasteiger partial charge in [-0.05, 0) is 37.3 Å². The van der Waals surface area contributed by atoms with E-state index in [2.05, 4.69) is 5.32 Å². The number of Topliss-reactive ketones (excluding diaryl/α,β-unsaturated/α-hetero) is 1. The summed E-state index contributed by atoms with van der Waals surface area (Å²) >= 11 is 0. The summed E-state index contributed by atoms with van der Waals surface area (Å²) in [4.78, 5) is 34.3. The maximum absolute atomic E-state index is 13.9. The Labute approximate surface area is 125 Å². The first kappa shape index (κ1) is 15.4. The van der Waals surface area contributed by atoms with Gasteiger partial charge in [-0.15, -0.1) is 0 Å². The van der Waals surface area contributed by atoms with Gasteiger partial charge in [-0.3, -0.25) is 9.59 Å². The third-order valence-electron chi connectivity index (χ3n) is 3.03. The van der Waals surface area contributed by atoms with E-state index < -0.39 is 17.7 Å². The Morgan fingerprint density at radius 3 is 2.23 bits per heavy atom. The number of hydrogen-bond acceptors (Lipinski definition) is 3. The summed E-state index contributed by atoms with van der Waals surface area (Å²) in [5, 5.41) is 11.3. The van der Waals surface area contributed by atoms with E-state index in [0.29, 0.717) is 0 Å². The quantitative estimate of drug-likeness (QED) is 0.850. The van der Waals surface area contributed by atoms with Crippen molar-refractivity contribution in [1.82, 2.24) is 0 Å². The number of anilines is 1. The zero-order chi connectivity index (χ0) is 16.3. The minimum atomic E-state index is -1.25. The van der Waals surface area contributed by atoms with Crippen LogP contribution in [0.15, 0.2) is 42.5 Å². The van der Waals surface area contributed by atoms with E-state index in [0.717, 1.165) is 6.07 Å². The highest BCUT2D eigenvalue weighted by atomic mass is 19.1. The Balaban J connectivity index is 2.30. The fourth-order valence-electron chi connectivity index (χ4n) is 1.89. The fraction of sp³-hybridized carbons (Fsp3) is 0.0625. The maximum Gasteiger partial charge on any atom is 0.336 e. The Kier molecular flexibility index (Phi) is 4.31. The van der Waals surface area contributed by atoms with Gasteiger partial charge >= 0.3 is 5.97 Å². The number of halogens is 1. The second-order valence-electron chi connectivity index (χ2n) is 4.56. The Morgan fingerprint density at radius 1 is 1.05 bits per heavy atom. The standard InChI is InChI=1S/C16H12FNO4/c1-9(19)10-6-7-14(13(17)8-10)18-15(20)11-4-2-3-5-12(11)16(21)22/h2-8H,1H3,(H,18,20)(H,21,22). The lowest BCUT2D eigenvalue weighted by molar-refractivity contribution is 0.0692. The molecule has 2 rings (SSSR count). The average Bonchev–Trinajstić information content (AvgIpc) is 2.48. The summed E-state index contributed by atoms with van der Waals surface area (Å²) in [5.41, 5.74) is -0.206. The lowest BCUT2D eigenvalue weighted by Crippen LogP contribution is -2.17. The van der Waals surface area contributed by atoms with Crippen LogP contribution in [0.25, 0.3) is 0 Å². The molecule has 22 heavy (non-hydrogen) atoms. The summed E-state index contributed by atoms with van der Waals surface area (Å²) < 4.78 is 13.9. The predicted molar refractivity (Wildman–Crippen MR) is 77.8 cm³/mol. The number of carbonyl (C=O) groups excluding carboxylic acids is 2. The number of ketones is 1. The molecule has 0 fully saturated rings. The van der Waals surface area contributed by atoms with Gasteiger partial charge in [0.15, 0.2) is 5.78 Å². The van der Waals surface area contributed by atoms with Gasteiger partial charge in [0, 0.05) is 5.56 Å². The number of rotatable bonds is 4. The van der Waals surface area contributed by atoms with Gasteiger partial charge in [0.25, 0.3) is 5.91 Å². The topological polar surface area (TPSA) is 83.5 Å². The molecule has 112 valence electrons. The van der Waals surface area contributed by atoms with Crippen molar-refractivity contribution in [2.75, 3.05) is 5.32 Å². The molecule has 1 amide bonds. The number of benzene rings is 2. The van der Waals surface area contributed by atoms with E-state index in [1.807, 2.05) is 0 Å². The molecule has 0 atom stereocenters. The largest absolute Gasteiger partial charge is 0.478 e. The fourth-order valence-corrected chi connectivity index (χ4v) is 1.89. The molecule has 0 aliphatic carbocycles. The van der Waals surface area contributed by atoms with Crippen LogP contribution in [0.5, 0.6) is 0 Å². The van der Waals surface area contributed by atoms with Crippen LogP contribution in [0.1, 0.15) is 38.0 Å². The molecule has 0 aromatic heterocycles. The molecule has 0 aliphatic rings. The lowest BCUT2D eigenvalue weighted by atomic mass is 10.1. The summed E-state index contributed by atoms with van der Waals surface area (Å²) in [7, 11) is 0. The molecule has 0 bridgehead atoms. The highest BCUT2D eigenvalue weighted by Crippen LogP contribution is 2.18. The molecule has 0 unspecified atom stereocenters. The van der Waals surface area contributed by atoms with E-state index >= 15 is 0 Å². The molecule has 6 heteroatoms. The number of nitrogens with one attached hydrogen (secondary N) is 1. The molecule has 5 nitrogen and oxygen atoms in total. The van der Waals surface area contributed by atoms with Crippen LogP contribution in [0.3, 0.4) is 0 Å². The van der Waals surface area contributed by atoms with E-state index in [4.69, 9.17) is 5.11 Å². The number of amides is 1. The normalized spacial score (nSPS) is 10.1. The van der Waals surface area contributed by atoms with Crippen molar-refractivity contribution in [3.05, 3.63) is 65.0 Å². The van der Waals surface area contributed by atoms with Crippen molar-refractivity contribution in [3.8, 4) is 0 Å². The van der Waals surface area contributed by atoms with Gasteiger partial charge in [0.2, 0.25) is 0 Å². The SMILES string of the molecule is CC(=O)c1ccc(NC(=O)c2ccccc2C(=O)O)c(F)c1. The van der Waals surface area contributed by atoms with Crippen LogP contribution in [0, 0.1) is 5.82 Å². The molecule has 0 saturated heterocycles. The van der Waals surface area contributed by atoms with Gasteiger partial charge in [0.05, 0.1) is 16.8 Å². The van der Waals surface area contributed by atoms with Crippen LogP contribution < -0.4 is 5.32 Å². The molecule has 0 spiro atoms. The molecule has 0 heterocycles. The Hall–Kier alpha value is -3.02. The van der Waals surface area contributed by atoms with Crippen LogP contribution in [0.2, 0.25) is 0 Å².